The monoisotopic (exact) mass is 539 g/mol. The molecule has 2 fully saturated rings. The van der Waals surface area contributed by atoms with Crippen molar-refractivity contribution in [3.05, 3.63) is 66.9 Å². The van der Waals surface area contributed by atoms with Crippen molar-refractivity contribution in [3.8, 4) is 5.75 Å². The molecule has 0 atom stereocenters. The highest BCUT2D eigenvalue weighted by atomic mass is 19.4. The Kier molecular flexibility index (Phi) is 6.81. The Balaban J connectivity index is 1.36. The summed E-state index contributed by atoms with van der Waals surface area (Å²) in [5, 5.41) is 8.24. The second kappa shape index (κ2) is 10.1. The molecule has 2 aromatic carbocycles. The zero-order valence-corrected chi connectivity index (χ0v) is 21.5. The molecule has 204 valence electrons. The van der Waals surface area contributed by atoms with Crippen molar-refractivity contribution in [3.63, 3.8) is 0 Å². The lowest BCUT2D eigenvalue weighted by molar-refractivity contribution is -0.137. The third-order valence-corrected chi connectivity index (χ3v) is 6.73. The van der Waals surface area contributed by atoms with Crippen molar-refractivity contribution < 1.29 is 22.7 Å². The maximum absolute atomic E-state index is 13.8. The number of anilines is 6. The molecule has 0 bridgehead atoms. The van der Waals surface area contributed by atoms with Crippen LogP contribution in [0.3, 0.4) is 0 Å². The Morgan fingerprint density at radius 1 is 1.10 bits per heavy atom. The normalized spacial score (nSPS) is 16.2. The van der Waals surface area contributed by atoms with E-state index < -0.39 is 23.5 Å². The molecule has 2 aliphatic rings. The minimum Gasteiger partial charge on any atom is -0.494 e. The number of benzene rings is 2. The topological polar surface area (TPSA) is 94.6 Å². The number of carbonyl (C=O) groups excluding carboxylic acids is 1. The molecule has 3 heterocycles. The van der Waals surface area contributed by atoms with Gasteiger partial charge < -0.3 is 30.5 Å². The fourth-order valence-corrected chi connectivity index (χ4v) is 5.09. The van der Waals surface area contributed by atoms with Crippen molar-refractivity contribution >= 4 is 40.4 Å². The molecule has 3 N–H and O–H groups in total. The molecule has 0 unspecified atom stereocenters. The summed E-state index contributed by atoms with van der Waals surface area (Å²) in [7, 11) is 3.64. The highest BCUT2D eigenvalue weighted by molar-refractivity contribution is 5.99. The smallest absolute Gasteiger partial charge is 0.421 e. The Morgan fingerprint density at radius 3 is 2.51 bits per heavy atom. The van der Waals surface area contributed by atoms with Crippen LogP contribution in [0.15, 0.2) is 61.3 Å². The van der Waals surface area contributed by atoms with E-state index in [4.69, 9.17) is 4.74 Å². The molecule has 1 spiro atoms. The lowest BCUT2D eigenvalue weighted by atomic mass is 9.73. The molecular formula is C27H28F3N7O2. The quantitative estimate of drug-likeness (QED) is 0.349. The maximum atomic E-state index is 13.8. The number of carbonyl (C=O) groups is 1. The Hall–Kier alpha value is -4.32. The number of likely N-dealkylation sites (tertiary alicyclic amines) is 1. The van der Waals surface area contributed by atoms with Crippen LogP contribution in [0.25, 0.3) is 0 Å². The number of halogens is 3. The number of aromatic nitrogens is 2. The molecule has 39 heavy (non-hydrogen) atoms. The van der Waals surface area contributed by atoms with Crippen LogP contribution in [-0.4, -0.2) is 61.1 Å². The summed E-state index contributed by atoms with van der Waals surface area (Å²) in [6.07, 6.45) is -2.88. The summed E-state index contributed by atoms with van der Waals surface area (Å²) >= 11 is 0. The van der Waals surface area contributed by atoms with Gasteiger partial charge in [0.2, 0.25) is 11.9 Å². The number of ether oxygens (including phenoxy) is 1. The lowest BCUT2D eigenvalue weighted by Crippen LogP contribution is -2.71. The van der Waals surface area contributed by atoms with Gasteiger partial charge in [-0.05, 0) is 43.5 Å². The van der Waals surface area contributed by atoms with E-state index in [1.54, 1.807) is 24.3 Å². The molecule has 5 rings (SSSR count). The Labute approximate surface area is 223 Å². The first-order valence-corrected chi connectivity index (χ1v) is 12.2. The number of alkyl halides is 3. The standard InChI is InChI=1S/C27H28F3N7O2/c1-4-23(38)32-17-6-5-7-18(10-17)33-24-20(27(28,29)30)12-31-25(35-24)34-21-9-8-19(11-22(21)39-3)37-15-26(16-37)13-36(2)14-26/h4-12H,1,13-16H2,2-3H3,(H,32,38)(H2,31,33,34,35). The molecule has 2 aliphatic heterocycles. The van der Waals surface area contributed by atoms with E-state index in [9.17, 15) is 18.0 Å². The molecule has 9 nitrogen and oxygen atoms in total. The van der Waals surface area contributed by atoms with Gasteiger partial charge in [-0.25, -0.2) is 4.98 Å². The van der Waals surface area contributed by atoms with E-state index in [1.165, 1.54) is 13.2 Å². The summed E-state index contributed by atoms with van der Waals surface area (Å²) < 4.78 is 46.8. The van der Waals surface area contributed by atoms with Gasteiger partial charge in [0.1, 0.15) is 17.1 Å². The van der Waals surface area contributed by atoms with Gasteiger partial charge in [-0.2, -0.15) is 18.2 Å². The molecule has 2 saturated heterocycles. The van der Waals surface area contributed by atoms with Crippen molar-refractivity contribution in [2.24, 2.45) is 5.41 Å². The first-order valence-electron chi connectivity index (χ1n) is 12.2. The summed E-state index contributed by atoms with van der Waals surface area (Å²) in [5.41, 5.74) is 1.53. The second-order valence-corrected chi connectivity index (χ2v) is 9.89. The first kappa shape index (κ1) is 26.3. The molecule has 0 radical (unpaired) electrons. The van der Waals surface area contributed by atoms with Crippen molar-refractivity contribution in [1.82, 2.24) is 14.9 Å². The SMILES string of the molecule is C=CC(=O)Nc1cccc(Nc2nc(Nc3ccc(N4CC5(CN(C)C5)C4)cc3OC)ncc2C(F)(F)F)c1. The van der Waals surface area contributed by atoms with Crippen LogP contribution < -0.4 is 25.6 Å². The summed E-state index contributed by atoms with van der Waals surface area (Å²) in [6, 6.07) is 11.9. The summed E-state index contributed by atoms with van der Waals surface area (Å²) in [5.74, 6) is -0.420. The van der Waals surface area contributed by atoms with Crippen molar-refractivity contribution in [1.29, 1.82) is 0 Å². The zero-order chi connectivity index (χ0) is 27.8. The molecule has 0 saturated carbocycles. The number of hydrogen-bond acceptors (Lipinski definition) is 8. The van der Waals surface area contributed by atoms with Crippen molar-refractivity contribution in [2.45, 2.75) is 6.18 Å². The number of amides is 1. The predicted octanol–water partition coefficient (Wildman–Crippen LogP) is 4.87. The average molecular weight is 540 g/mol. The van der Waals surface area contributed by atoms with E-state index in [0.29, 0.717) is 28.2 Å². The first-order chi connectivity index (χ1) is 18.6. The van der Waals surface area contributed by atoms with Crippen LogP contribution in [0, 0.1) is 5.41 Å². The molecule has 0 aliphatic carbocycles. The number of nitrogens with zero attached hydrogens (tertiary/aromatic N) is 4. The van der Waals surface area contributed by atoms with Gasteiger partial charge in [0.05, 0.1) is 12.8 Å². The van der Waals surface area contributed by atoms with Gasteiger partial charge in [-0.15, -0.1) is 0 Å². The van der Waals surface area contributed by atoms with Gasteiger partial charge in [0.25, 0.3) is 0 Å². The molecular weight excluding hydrogens is 511 g/mol. The molecule has 12 heteroatoms. The Bertz CT molecular complexity index is 1400. The third kappa shape index (κ3) is 5.60. The fraction of sp³-hybridized carbons (Fsp3) is 0.296. The average Bonchev–Trinajstić information content (AvgIpc) is 2.85. The zero-order valence-electron chi connectivity index (χ0n) is 21.5. The van der Waals surface area contributed by atoms with Gasteiger partial charge in [-0.1, -0.05) is 12.6 Å². The number of nitrogens with one attached hydrogen (secondary N) is 3. The second-order valence-electron chi connectivity index (χ2n) is 9.89. The minimum atomic E-state index is -4.70. The number of rotatable bonds is 8. The van der Waals surface area contributed by atoms with Crippen LogP contribution in [0.5, 0.6) is 5.75 Å². The minimum absolute atomic E-state index is 0.0481. The van der Waals surface area contributed by atoms with Crippen LogP contribution >= 0.6 is 0 Å². The van der Waals surface area contributed by atoms with Crippen LogP contribution in [-0.2, 0) is 11.0 Å². The van der Waals surface area contributed by atoms with Gasteiger partial charge in [0.15, 0.2) is 0 Å². The molecule has 1 amide bonds. The number of hydrogen-bond donors (Lipinski definition) is 3. The van der Waals surface area contributed by atoms with Gasteiger partial charge >= 0.3 is 6.18 Å². The highest BCUT2D eigenvalue weighted by Crippen LogP contribution is 2.43. The van der Waals surface area contributed by atoms with E-state index >= 15 is 0 Å². The summed E-state index contributed by atoms with van der Waals surface area (Å²) in [4.78, 5) is 24.2. The van der Waals surface area contributed by atoms with E-state index in [2.05, 4.69) is 49.3 Å². The lowest BCUT2D eigenvalue weighted by Gasteiger charge is -2.60. The van der Waals surface area contributed by atoms with E-state index in [-0.39, 0.29) is 5.95 Å². The largest absolute Gasteiger partial charge is 0.494 e. The molecule has 3 aromatic rings. The van der Waals surface area contributed by atoms with E-state index in [0.717, 1.165) is 44.1 Å². The van der Waals surface area contributed by atoms with Crippen molar-refractivity contribution in [2.75, 3.05) is 61.2 Å². The van der Waals surface area contributed by atoms with Crippen LogP contribution in [0.1, 0.15) is 5.56 Å². The van der Waals surface area contributed by atoms with Gasteiger partial charge in [0, 0.05) is 60.9 Å². The van der Waals surface area contributed by atoms with Gasteiger partial charge in [-0.3, -0.25) is 4.79 Å². The number of methoxy groups -OCH3 is 1. The van der Waals surface area contributed by atoms with Crippen LogP contribution in [0.2, 0.25) is 0 Å². The highest BCUT2D eigenvalue weighted by Gasteiger charge is 2.50. The predicted molar refractivity (Wildman–Crippen MR) is 144 cm³/mol. The molecule has 1 aromatic heterocycles. The maximum Gasteiger partial charge on any atom is 0.421 e. The summed E-state index contributed by atoms with van der Waals surface area (Å²) in [6.45, 7) is 7.52. The third-order valence-electron chi connectivity index (χ3n) is 6.73. The van der Waals surface area contributed by atoms with Crippen LogP contribution in [0.4, 0.5) is 47.7 Å². The Morgan fingerprint density at radius 2 is 1.85 bits per heavy atom. The van der Waals surface area contributed by atoms with E-state index in [1.807, 2.05) is 12.1 Å². The fourth-order valence-electron chi connectivity index (χ4n) is 5.09.